The maximum absolute atomic E-state index is 13.5. The van der Waals surface area contributed by atoms with Gasteiger partial charge in [-0.25, -0.2) is 4.39 Å². The molecule has 1 heterocycles. The van der Waals surface area contributed by atoms with Gasteiger partial charge in [0.05, 0.1) is 5.69 Å². The number of aromatic nitrogens is 1. The van der Waals surface area contributed by atoms with Crippen LogP contribution in [-0.4, -0.2) is 16.4 Å². The van der Waals surface area contributed by atoms with E-state index in [0.717, 1.165) is 6.07 Å². The predicted octanol–water partition coefficient (Wildman–Crippen LogP) is 1.58. The Balaban J connectivity index is 2.10. The molecule has 6 nitrogen and oxygen atoms in total. The van der Waals surface area contributed by atoms with Crippen molar-refractivity contribution in [2.45, 2.75) is 13.5 Å². The highest BCUT2D eigenvalue weighted by molar-refractivity contribution is 5.93. The third-order valence-corrected chi connectivity index (χ3v) is 2.77. The maximum atomic E-state index is 13.5. The van der Waals surface area contributed by atoms with Gasteiger partial charge in [0, 0.05) is 24.9 Å². The number of carbonyl (C=O) groups excluding carboxylic acids is 2. The zero-order valence-corrected chi connectivity index (χ0v) is 11.8. The van der Waals surface area contributed by atoms with Crippen molar-refractivity contribution >= 4 is 23.2 Å². The van der Waals surface area contributed by atoms with Gasteiger partial charge in [-0.3, -0.25) is 14.4 Å². The molecule has 0 unspecified atom stereocenters. The van der Waals surface area contributed by atoms with Crippen molar-refractivity contribution in [2.75, 3.05) is 10.6 Å². The molecule has 1 aromatic heterocycles. The summed E-state index contributed by atoms with van der Waals surface area (Å²) < 4.78 is 14.7. The average molecular weight is 303 g/mol. The maximum Gasteiger partial charge on any atom is 0.250 e. The number of hydrogen-bond acceptors (Lipinski definition) is 3. The minimum atomic E-state index is -0.604. The first-order chi connectivity index (χ1) is 10.5. The molecule has 0 radical (unpaired) electrons. The molecule has 2 N–H and O–H groups in total. The van der Waals surface area contributed by atoms with E-state index in [-0.39, 0.29) is 17.8 Å². The fraction of sp³-hybridized carbons (Fsp3) is 0.133. The van der Waals surface area contributed by atoms with Crippen LogP contribution < -0.4 is 16.2 Å². The van der Waals surface area contributed by atoms with Gasteiger partial charge in [-0.1, -0.05) is 6.07 Å². The molecule has 22 heavy (non-hydrogen) atoms. The van der Waals surface area contributed by atoms with Gasteiger partial charge in [0.2, 0.25) is 11.8 Å². The molecule has 0 aliphatic carbocycles. The smallest absolute Gasteiger partial charge is 0.250 e. The first-order valence-corrected chi connectivity index (χ1v) is 6.48. The lowest BCUT2D eigenvalue weighted by molar-refractivity contribution is -0.117. The van der Waals surface area contributed by atoms with Gasteiger partial charge in [-0.2, -0.15) is 0 Å². The van der Waals surface area contributed by atoms with Crippen LogP contribution in [0.25, 0.3) is 0 Å². The normalized spacial score (nSPS) is 10.1. The molecule has 0 fully saturated rings. The van der Waals surface area contributed by atoms with Gasteiger partial charge in [-0.15, -0.1) is 0 Å². The van der Waals surface area contributed by atoms with Gasteiger partial charge < -0.3 is 15.2 Å². The monoisotopic (exact) mass is 303 g/mol. The first-order valence-electron chi connectivity index (χ1n) is 6.48. The quantitative estimate of drug-likeness (QED) is 0.900. The fourth-order valence-electron chi connectivity index (χ4n) is 1.83. The number of nitrogens with one attached hydrogen (secondary N) is 2. The topological polar surface area (TPSA) is 80.2 Å². The molecular weight excluding hydrogens is 289 g/mol. The van der Waals surface area contributed by atoms with E-state index in [2.05, 4.69) is 10.6 Å². The van der Waals surface area contributed by atoms with Crippen LogP contribution in [0.4, 0.5) is 15.8 Å². The van der Waals surface area contributed by atoms with E-state index in [9.17, 15) is 18.8 Å². The Morgan fingerprint density at radius 2 is 1.95 bits per heavy atom. The van der Waals surface area contributed by atoms with Crippen LogP contribution in [-0.2, 0) is 16.1 Å². The summed E-state index contributed by atoms with van der Waals surface area (Å²) in [5, 5.41) is 4.87. The van der Waals surface area contributed by atoms with E-state index in [1.807, 2.05) is 0 Å². The number of pyridine rings is 1. The molecule has 2 amide bonds. The fourth-order valence-corrected chi connectivity index (χ4v) is 1.83. The largest absolute Gasteiger partial charge is 0.324 e. The summed E-state index contributed by atoms with van der Waals surface area (Å²) in [6.07, 6.45) is 1.50. The summed E-state index contributed by atoms with van der Waals surface area (Å²) >= 11 is 0. The minimum absolute atomic E-state index is 0.0258. The molecule has 0 saturated carbocycles. The summed E-state index contributed by atoms with van der Waals surface area (Å²) in [6, 6.07) is 8.38. The Kier molecular flexibility index (Phi) is 4.67. The van der Waals surface area contributed by atoms with E-state index in [0.29, 0.717) is 5.69 Å². The second kappa shape index (κ2) is 6.66. The Bertz CT molecular complexity index is 771. The Morgan fingerprint density at radius 3 is 2.64 bits per heavy atom. The summed E-state index contributed by atoms with van der Waals surface area (Å²) in [5.41, 5.74) is -0.00278. The van der Waals surface area contributed by atoms with Gasteiger partial charge in [0.1, 0.15) is 12.4 Å². The van der Waals surface area contributed by atoms with Crippen LogP contribution in [0.1, 0.15) is 6.92 Å². The molecular formula is C15H14FN3O3. The van der Waals surface area contributed by atoms with E-state index in [1.165, 1.54) is 35.9 Å². The van der Waals surface area contributed by atoms with Crippen molar-refractivity contribution in [1.29, 1.82) is 0 Å². The molecule has 1 aromatic carbocycles. The summed E-state index contributed by atoms with van der Waals surface area (Å²) in [5.74, 6) is -1.46. The number of hydrogen-bond donors (Lipinski definition) is 2. The lowest BCUT2D eigenvalue weighted by Gasteiger charge is -2.09. The Morgan fingerprint density at radius 1 is 1.18 bits per heavy atom. The lowest BCUT2D eigenvalue weighted by Crippen LogP contribution is -2.26. The second-order valence-corrected chi connectivity index (χ2v) is 4.59. The lowest BCUT2D eigenvalue weighted by atomic mass is 10.2. The second-order valence-electron chi connectivity index (χ2n) is 4.59. The van der Waals surface area contributed by atoms with E-state index < -0.39 is 17.6 Å². The molecule has 7 heteroatoms. The van der Waals surface area contributed by atoms with E-state index in [1.54, 1.807) is 12.1 Å². The molecule has 0 atom stereocenters. The van der Waals surface area contributed by atoms with Crippen LogP contribution >= 0.6 is 0 Å². The van der Waals surface area contributed by atoms with Crippen LogP contribution in [0.5, 0.6) is 0 Å². The molecule has 0 aliphatic heterocycles. The number of rotatable bonds is 4. The zero-order valence-electron chi connectivity index (χ0n) is 11.8. The Hall–Kier alpha value is -2.96. The highest BCUT2D eigenvalue weighted by Gasteiger charge is 2.08. The van der Waals surface area contributed by atoms with Crippen molar-refractivity contribution in [3.63, 3.8) is 0 Å². The number of nitrogens with zero attached hydrogens (tertiary/aromatic N) is 1. The summed E-state index contributed by atoms with van der Waals surface area (Å²) in [4.78, 5) is 34.4. The van der Waals surface area contributed by atoms with Crippen molar-refractivity contribution in [2.24, 2.45) is 0 Å². The minimum Gasteiger partial charge on any atom is -0.324 e. The van der Waals surface area contributed by atoms with Crippen molar-refractivity contribution in [3.05, 3.63) is 58.8 Å². The highest BCUT2D eigenvalue weighted by atomic mass is 19.1. The molecule has 0 spiro atoms. The zero-order chi connectivity index (χ0) is 16.1. The third-order valence-electron chi connectivity index (χ3n) is 2.77. The predicted molar refractivity (Wildman–Crippen MR) is 80.0 cm³/mol. The molecule has 2 aromatic rings. The summed E-state index contributed by atoms with van der Waals surface area (Å²) in [6.45, 7) is 1.10. The van der Waals surface area contributed by atoms with Gasteiger partial charge in [0.15, 0.2) is 0 Å². The van der Waals surface area contributed by atoms with Gasteiger partial charge in [-0.05, 0) is 24.3 Å². The highest BCUT2D eigenvalue weighted by Crippen LogP contribution is 2.19. The van der Waals surface area contributed by atoms with Gasteiger partial charge >= 0.3 is 0 Å². The standard InChI is InChI=1S/C15H14FN3O3/c1-10(20)17-13-8-11(5-6-12(13)16)18-14(21)9-19-7-3-2-4-15(19)22/h2-8H,9H2,1H3,(H,17,20)(H,18,21). The molecule has 2 rings (SSSR count). The number of carbonyl (C=O) groups is 2. The van der Waals surface area contributed by atoms with Crippen LogP contribution in [0.2, 0.25) is 0 Å². The van der Waals surface area contributed by atoms with E-state index in [4.69, 9.17) is 0 Å². The number of anilines is 2. The molecule has 0 aliphatic rings. The van der Waals surface area contributed by atoms with Gasteiger partial charge in [0.25, 0.3) is 5.56 Å². The number of halogens is 1. The van der Waals surface area contributed by atoms with Crippen LogP contribution in [0.15, 0.2) is 47.4 Å². The van der Waals surface area contributed by atoms with Crippen LogP contribution in [0, 0.1) is 5.82 Å². The van der Waals surface area contributed by atoms with Crippen molar-refractivity contribution in [1.82, 2.24) is 4.57 Å². The Labute approximate surface area is 125 Å². The molecule has 0 saturated heterocycles. The first kappa shape index (κ1) is 15.4. The molecule has 114 valence electrons. The number of benzene rings is 1. The average Bonchev–Trinajstić information content (AvgIpc) is 2.44. The molecule has 0 bridgehead atoms. The van der Waals surface area contributed by atoms with Crippen molar-refractivity contribution < 1.29 is 14.0 Å². The van der Waals surface area contributed by atoms with Crippen molar-refractivity contribution in [3.8, 4) is 0 Å². The van der Waals surface area contributed by atoms with Crippen LogP contribution in [0.3, 0.4) is 0 Å². The van der Waals surface area contributed by atoms with E-state index >= 15 is 0 Å². The third kappa shape index (κ3) is 4.02. The summed E-state index contributed by atoms with van der Waals surface area (Å²) in [7, 11) is 0. The SMILES string of the molecule is CC(=O)Nc1cc(NC(=O)Cn2ccccc2=O)ccc1F. The number of amides is 2.